The van der Waals surface area contributed by atoms with Gasteiger partial charge in [-0.3, -0.25) is 18.7 Å². The quantitative estimate of drug-likeness (QED) is 0.518. The molecule has 1 amide bonds. The van der Waals surface area contributed by atoms with E-state index in [0.717, 1.165) is 4.57 Å². The number of nitrogens with zero attached hydrogens (tertiary/aromatic N) is 2. The Bertz CT molecular complexity index is 1420. The first-order valence-corrected chi connectivity index (χ1v) is 10.0. The lowest BCUT2D eigenvalue weighted by molar-refractivity contribution is -0.116. The number of hydrogen-bond acceptors (Lipinski definition) is 6. The molecule has 0 aliphatic carbocycles. The van der Waals surface area contributed by atoms with Crippen LogP contribution >= 0.6 is 0 Å². The van der Waals surface area contributed by atoms with Gasteiger partial charge in [-0.1, -0.05) is 12.1 Å². The molecular formula is C23H19N3O6. The predicted octanol–water partition coefficient (Wildman–Crippen LogP) is 2.21. The molecule has 2 aromatic heterocycles. The molecule has 0 spiro atoms. The van der Waals surface area contributed by atoms with Crippen molar-refractivity contribution in [3.63, 3.8) is 0 Å². The Hall–Kier alpha value is -4.27. The largest absolute Gasteiger partial charge is 0.486 e. The van der Waals surface area contributed by atoms with Crippen LogP contribution in [-0.2, 0) is 17.9 Å². The maximum Gasteiger partial charge on any atom is 0.332 e. The molecular weight excluding hydrogens is 414 g/mol. The number of carbonyl (C=O) groups is 1. The van der Waals surface area contributed by atoms with Gasteiger partial charge in [0.15, 0.2) is 11.5 Å². The molecule has 0 saturated heterocycles. The van der Waals surface area contributed by atoms with E-state index in [1.807, 2.05) is 0 Å². The number of ether oxygens (including phenoxy) is 2. The first kappa shape index (κ1) is 19.7. The van der Waals surface area contributed by atoms with Crippen LogP contribution in [-0.4, -0.2) is 28.3 Å². The molecule has 9 heteroatoms. The van der Waals surface area contributed by atoms with Gasteiger partial charge in [-0.15, -0.1) is 0 Å². The van der Waals surface area contributed by atoms with Crippen LogP contribution in [0.3, 0.4) is 0 Å². The van der Waals surface area contributed by atoms with Crippen molar-refractivity contribution in [3.05, 3.63) is 87.5 Å². The lowest BCUT2D eigenvalue weighted by Gasteiger charge is -2.19. The van der Waals surface area contributed by atoms with Gasteiger partial charge in [0, 0.05) is 11.8 Å². The van der Waals surface area contributed by atoms with Crippen molar-refractivity contribution in [3.8, 4) is 11.5 Å². The normalized spacial score (nSPS) is 12.6. The Balaban J connectivity index is 1.48. The zero-order chi connectivity index (χ0) is 22.1. The van der Waals surface area contributed by atoms with E-state index in [2.05, 4.69) is 5.32 Å². The van der Waals surface area contributed by atoms with Crippen molar-refractivity contribution in [1.82, 2.24) is 9.13 Å². The molecule has 9 nitrogen and oxygen atoms in total. The van der Waals surface area contributed by atoms with Gasteiger partial charge in [-0.05, 0) is 36.4 Å². The van der Waals surface area contributed by atoms with Gasteiger partial charge in [-0.25, -0.2) is 4.79 Å². The van der Waals surface area contributed by atoms with E-state index < -0.39 is 17.2 Å². The molecule has 162 valence electrons. The molecule has 1 aliphatic rings. The van der Waals surface area contributed by atoms with Crippen LogP contribution in [0.1, 0.15) is 5.76 Å². The molecule has 1 aliphatic heterocycles. The van der Waals surface area contributed by atoms with E-state index in [4.69, 9.17) is 13.9 Å². The summed E-state index contributed by atoms with van der Waals surface area (Å²) in [5, 5.41) is 3.11. The number of rotatable bonds is 5. The molecule has 5 rings (SSSR count). The Morgan fingerprint density at radius 1 is 0.938 bits per heavy atom. The van der Waals surface area contributed by atoms with Crippen LogP contribution in [0.15, 0.2) is 74.9 Å². The zero-order valence-corrected chi connectivity index (χ0v) is 16.9. The Labute approximate surface area is 181 Å². The van der Waals surface area contributed by atoms with Gasteiger partial charge in [0.25, 0.3) is 5.56 Å². The predicted molar refractivity (Wildman–Crippen MR) is 116 cm³/mol. The fourth-order valence-electron chi connectivity index (χ4n) is 3.69. The van der Waals surface area contributed by atoms with E-state index in [1.165, 1.54) is 10.8 Å². The van der Waals surface area contributed by atoms with Gasteiger partial charge in [0.2, 0.25) is 5.91 Å². The van der Waals surface area contributed by atoms with Crippen LogP contribution < -0.4 is 26.0 Å². The number of hydrogen-bond donors (Lipinski definition) is 1. The van der Waals surface area contributed by atoms with Crippen LogP contribution in [0.4, 0.5) is 5.69 Å². The second-order valence-corrected chi connectivity index (χ2v) is 7.26. The number of furan rings is 1. The van der Waals surface area contributed by atoms with Crippen molar-refractivity contribution in [2.45, 2.75) is 13.1 Å². The van der Waals surface area contributed by atoms with Gasteiger partial charge in [0.05, 0.1) is 23.7 Å². The van der Waals surface area contributed by atoms with Crippen LogP contribution in [0, 0.1) is 0 Å². The minimum absolute atomic E-state index is 0.0285. The van der Waals surface area contributed by atoms with E-state index in [1.54, 1.807) is 54.6 Å². The Morgan fingerprint density at radius 2 is 1.75 bits per heavy atom. The molecule has 1 N–H and O–H groups in total. The summed E-state index contributed by atoms with van der Waals surface area (Å²) in [4.78, 5) is 38.9. The first-order chi connectivity index (χ1) is 15.6. The maximum atomic E-state index is 13.2. The smallest absolute Gasteiger partial charge is 0.332 e. The monoisotopic (exact) mass is 433 g/mol. The summed E-state index contributed by atoms with van der Waals surface area (Å²) in [6.07, 6.45) is 1.47. The van der Waals surface area contributed by atoms with Crippen molar-refractivity contribution in [1.29, 1.82) is 0 Å². The fourth-order valence-corrected chi connectivity index (χ4v) is 3.69. The summed E-state index contributed by atoms with van der Waals surface area (Å²) in [6, 6.07) is 15.2. The number of nitrogens with one attached hydrogen (secondary N) is 1. The lowest BCUT2D eigenvalue weighted by Crippen LogP contribution is -2.42. The number of aromatic nitrogens is 2. The summed E-state index contributed by atoms with van der Waals surface area (Å²) in [6.45, 7) is 0.608. The fraction of sp³-hybridized carbons (Fsp3) is 0.174. The molecule has 2 aromatic carbocycles. The summed E-state index contributed by atoms with van der Waals surface area (Å²) in [7, 11) is 0. The number of benzene rings is 2. The van der Waals surface area contributed by atoms with E-state index >= 15 is 0 Å². The summed E-state index contributed by atoms with van der Waals surface area (Å²) in [5.41, 5.74) is -0.135. The third kappa shape index (κ3) is 3.64. The van der Waals surface area contributed by atoms with Crippen molar-refractivity contribution < 1.29 is 18.7 Å². The standard InChI is InChI=1S/C23H19N3O6/c27-21(24-15-7-8-19-20(12-15)32-11-10-31-19)14-25-18-6-2-1-5-17(18)22(28)26(23(25)29)13-16-4-3-9-30-16/h1-9,12H,10-11,13-14H2,(H,24,27). The molecule has 0 unspecified atom stereocenters. The highest BCUT2D eigenvalue weighted by molar-refractivity contribution is 5.92. The number of anilines is 1. The van der Waals surface area contributed by atoms with E-state index in [9.17, 15) is 14.4 Å². The SMILES string of the molecule is O=C(Cn1c(=O)n(Cc2ccco2)c(=O)c2ccccc21)Nc1ccc2c(c1)OCCO2. The van der Waals surface area contributed by atoms with Crippen LogP contribution in [0.2, 0.25) is 0 Å². The number of para-hydroxylation sites is 1. The van der Waals surface area contributed by atoms with Gasteiger partial charge >= 0.3 is 5.69 Å². The Kier molecular flexibility index (Phi) is 4.98. The number of carbonyl (C=O) groups excluding carboxylic acids is 1. The summed E-state index contributed by atoms with van der Waals surface area (Å²) >= 11 is 0. The van der Waals surface area contributed by atoms with Gasteiger partial charge in [0.1, 0.15) is 25.5 Å². The molecule has 0 bridgehead atoms. The lowest BCUT2D eigenvalue weighted by atomic mass is 10.2. The molecule has 0 saturated carbocycles. The number of fused-ring (bicyclic) bond motifs is 2. The minimum Gasteiger partial charge on any atom is -0.486 e. The third-order valence-corrected chi connectivity index (χ3v) is 5.15. The molecule has 0 fully saturated rings. The Morgan fingerprint density at radius 3 is 2.56 bits per heavy atom. The highest BCUT2D eigenvalue weighted by Gasteiger charge is 2.17. The van der Waals surface area contributed by atoms with Gasteiger partial charge < -0.3 is 19.2 Å². The molecule has 3 heterocycles. The second kappa shape index (κ2) is 8.10. The second-order valence-electron chi connectivity index (χ2n) is 7.26. The third-order valence-electron chi connectivity index (χ3n) is 5.15. The maximum absolute atomic E-state index is 13.2. The molecule has 32 heavy (non-hydrogen) atoms. The molecule has 0 radical (unpaired) electrons. The average Bonchev–Trinajstić information content (AvgIpc) is 3.33. The highest BCUT2D eigenvalue weighted by atomic mass is 16.6. The average molecular weight is 433 g/mol. The molecule has 4 aromatic rings. The summed E-state index contributed by atoms with van der Waals surface area (Å²) < 4.78 is 18.7. The highest BCUT2D eigenvalue weighted by Crippen LogP contribution is 2.32. The molecule has 0 atom stereocenters. The van der Waals surface area contributed by atoms with Crippen molar-refractivity contribution in [2.24, 2.45) is 0 Å². The summed E-state index contributed by atoms with van der Waals surface area (Å²) in [5.74, 6) is 1.20. The van der Waals surface area contributed by atoms with E-state index in [-0.39, 0.29) is 13.1 Å². The number of amides is 1. The van der Waals surface area contributed by atoms with Gasteiger partial charge in [-0.2, -0.15) is 0 Å². The van der Waals surface area contributed by atoms with Crippen molar-refractivity contribution in [2.75, 3.05) is 18.5 Å². The minimum atomic E-state index is -0.595. The van der Waals surface area contributed by atoms with E-state index in [0.29, 0.717) is 47.1 Å². The zero-order valence-electron chi connectivity index (χ0n) is 16.9. The van der Waals surface area contributed by atoms with Crippen molar-refractivity contribution >= 4 is 22.5 Å². The van der Waals surface area contributed by atoms with Crippen LogP contribution in [0.5, 0.6) is 11.5 Å². The van der Waals surface area contributed by atoms with Crippen LogP contribution in [0.25, 0.3) is 10.9 Å². The topological polar surface area (TPSA) is 105 Å². The first-order valence-electron chi connectivity index (χ1n) is 10.0.